The molecule has 1 unspecified atom stereocenters. The van der Waals surface area contributed by atoms with Gasteiger partial charge >= 0.3 is 0 Å². The van der Waals surface area contributed by atoms with E-state index in [9.17, 15) is 9.59 Å². The number of hydrogen-bond donors (Lipinski definition) is 1. The lowest BCUT2D eigenvalue weighted by Crippen LogP contribution is -2.57. The van der Waals surface area contributed by atoms with E-state index in [1.807, 2.05) is 25.1 Å². The first-order valence-corrected chi connectivity index (χ1v) is 6.15. The number of nitrogens with one attached hydrogen (secondary N) is 1. The van der Waals surface area contributed by atoms with Gasteiger partial charge in [0.05, 0.1) is 0 Å². The van der Waals surface area contributed by atoms with Gasteiger partial charge in [-0.2, -0.15) is 0 Å². The van der Waals surface area contributed by atoms with Crippen LogP contribution < -0.4 is 10.2 Å². The van der Waals surface area contributed by atoms with Crippen LogP contribution >= 0.6 is 15.9 Å². The molecule has 1 aliphatic rings. The van der Waals surface area contributed by atoms with Gasteiger partial charge in [0, 0.05) is 10.2 Å². The maximum absolute atomic E-state index is 12.0. The summed E-state index contributed by atoms with van der Waals surface area (Å²) in [6, 6.07) is 5.19. The van der Waals surface area contributed by atoms with E-state index in [0.717, 1.165) is 15.7 Å². The highest BCUT2D eigenvalue weighted by molar-refractivity contribution is 9.10. The van der Waals surface area contributed by atoms with Crippen molar-refractivity contribution < 1.29 is 9.59 Å². The number of piperazine rings is 1. The highest BCUT2D eigenvalue weighted by Gasteiger charge is 2.31. The fraction of sp³-hybridized carbons (Fsp3) is 0.333. The normalized spacial score (nSPS) is 20.4. The van der Waals surface area contributed by atoms with Gasteiger partial charge in [-0.3, -0.25) is 9.59 Å². The Bertz CT molecular complexity index is 487. The van der Waals surface area contributed by atoms with Gasteiger partial charge in [-0.05, 0) is 37.6 Å². The van der Waals surface area contributed by atoms with Gasteiger partial charge in [0.1, 0.15) is 12.6 Å². The third-order valence-corrected chi connectivity index (χ3v) is 3.26. The highest BCUT2D eigenvalue weighted by atomic mass is 79.9. The van der Waals surface area contributed by atoms with Crippen molar-refractivity contribution in [3.05, 3.63) is 28.2 Å². The lowest BCUT2D eigenvalue weighted by atomic mass is 10.1. The minimum Gasteiger partial charge on any atom is -0.343 e. The van der Waals surface area contributed by atoms with Crippen LogP contribution in [0.25, 0.3) is 0 Å². The van der Waals surface area contributed by atoms with Gasteiger partial charge in [-0.15, -0.1) is 0 Å². The quantitative estimate of drug-likeness (QED) is 0.856. The maximum atomic E-state index is 12.0. The lowest BCUT2D eigenvalue weighted by molar-refractivity contribution is -0.130. The molecule has 1 fully saturated rings. The first-order valence-electron chi connectivity index (χ1n) is 5.36. The number of carbonyl (C=O) groups excluding carboxylic acids is 2. The summed E-state index contributed by atoms with van der Waals surface area (Å²) in [6.45, 7) is 3.71. The van der Waals surface area contributed by atoms with E-state index in [4.69, 9.17) is 0 Å². The Hall–Kier alpha value is -1.36. The van der Waals surface area contributed by atoms with E-state index in [0.29, 0.717) is 0 Å². The standard InChI is InChI=1S/C12H13BrN2O2/c1-7-5-9(13)3-4-10(7)15-6-11(16)14-8(2)12(15)17/h3-5,8H,6H2,1-2H3,(H,14,16). The Morgan fingerprint density at radius 2 is 2.12 bits per heavy atom. The molecule has 0 spiro atoms. The van der Waals surface area contributed by atoms with Crippen molar-refractivity contribution in [3.8, 4) is 0 Å². The molecule has 4 nitrogen and oxygen atoms in total. The zero-order valence-corrected chi connectivity index (χ0v) is 11.2. The molecule has 1 aromatic carbocycles. The molecule has 0 saturated carbocycles. The van der Waals surface area contributed by atoms with Crippen molar-refractivity contribution in [1.82, 2.24) is 5.32 Å². The number of rotatable bonds is 1. The molecule has 5 heteroatoms. The smallest absolute Gasteiger partial charge is 0.249 e. The highest BCUT2D eigenvalue weighted by Crippen LogP contribution is 2.25. The first-order chi connectivity index (χ1) is 7.99. The van der Waals surface area contributed by atoms with Gasteiger partial charge in [0.2, 0.25) is 11.8 Å². The fourth-order valence-corrected chi connectivity index (χ4v) is 2.41. The van der Waals surface area contributed by atoms with Crippen molar-refractivity contribution in [2.45, 2.75) is 19.9 Å². The third kappa shape index (κ3) is 2.34. The summed E-state index contributed by atoms with van der Waals surface area (Å²) in [7, 11) is 0. The van der Waals surface area contributed by atoms with Gasteiger partial charge in [-0.25, -0.2) is 0 Å². The summed E-state index contributed by atoms with van der Waals surface area (Å²) in [5, 5.41) is 2.62. The second kappa shape index (κ2) is 4.49. The molecule has 0 radical (unpaired) electrons. The van der Waals surface area contributed by atoms with E-state index < -0.39 is 6.04 Å². The number of nitrogens with zero attached hydrogens (tertiary/aromatic N) is 1. The molecule has 1 N–H and O–H groups in total. The molecule has 0 bridgehead atoms. The summed E-state index contributed by atoms with van der Waals surface area (Å²) >= 11 is 3.38. The second-order valence-electron chi connectivity index (χ2n) is 4.14. The topological polar surface area (TPSA) is 49.4 Å². The van der Waals surface area contributed by atoms with Crippen molar-refractivity contribution in [3.63, 3.8) is 0 Å². The number of amides is 2. The van der Waals surface area contributed by atoms with Crippen LogP contribution in [0.4, 0.5) is 5.69 Å². The molecule has 1 atom stereocenters. The van der Waals surface area contributed by atoms with Crippen LogP contribution in [-0.4, -0.2) is 24.4 Å². The summed E-state index contributed by atoms with van der Waals surface area (Å²) in [6.07, 6.45) is 0. The predicted molar refractivity (Wildman–Crippen MR) is 68.8 cm³/mol. The predicted octanol–water partition coefficient (Wildman–Crippen LogP) is 1.61. The summed E-state index contributed by atoms with van der Waals surface area (Å²) < 4.78 is 0.959. The average molecular weight is 297 g/mol. The summed E-state index contributed by atoms with van der Waals surface area (Å²) in [5.41, 5.74) is 1.76. The molecular weight excluding hydrogens is 284 g/mol. The maximum Gasteiger partial charge on any atom is 0.249 e. The summed E-state index contributed by atoms with van der Waals surface area (Å²) in [4.78, 5) is 25.0. The van der Waals surface area contributed by atoms with Crippen LogP contribution in [0, 0.1) is 6.92 Å². The van der Waals surface area contributed by atoms with E-state index in [1.54, 1.807) is 6.92 Å². The molecule has 1 aromatic rings. The van der Waals surface area contributed by atoms with E-state index in [1.165, 1.54) is 4.90 Å². The molecule has 0 aromatic heterocycles. The van der Waals surface area contributed by atoms with Gasteiger partial charge in [0.15, 0.2) is 0 Å². The molecule has 17 heavy (non-hydrogen) atoms. The Morgan fingerprint density at radius 3 is 2.76 bits per heavy atom. The van der Waals surface area contributed by atoms with Crippen LogP contribution in [0.5, 0.6) is 0 Å². The fourth-order valence-electron chi connectivity index (χ4n) is 1.93. The minimum atomic E-state index is -0.459. The van der Waals surface area contributed by atoms with E-state index in [-0.39, 0.29) is 18.4 Å². The summed E-state index contributed by atoms with van der Waals surface area (Å²) in [5.74, 6) is -0.200. The number of halogens is 1. The monoisotopic (exact) mass is 296 g/mol. The number of benzene rings is 1. The largest absolute Gasteiger partial charge is 0.343 e. The Balaban J connectivity index is 2.38. The lowest BCUT2D eigenvalue weighted by Gasteiger charge is -2.31. The zero-order valence-electron chi connectivity index (χ0n) is 9.66. The van der Waals surface area contributed by atoms with Gasteiger partial charge in [0.25, 0.3) is 0 Å². The molecule has 1 heterocycles. The molecule has 1 aliphatic heterocycles. The molecule has 2 rings (SSSR count). The van der Waals surface area contributed by atoms with Crippen LogP contribution in [0.1, 0.15) is 12.5 Å². The van der Waals surface area contributed by atoms with Crippen LogP contribution in [0.15, 0.2) is 22.7 Å². The number of hydrogen-bond acceptors (Lipinski definition) is 2. The van der Waals surface area contributed by atoms with Crippen LogP contribution in [0.3, 0.4) is 0 Å². The third-order valence-electron chi connectivity index (χ3n) is 2.77. The average Bonchev–Trinajstić information content (AvgIpc) is 2.24. The molecule has 1 saturated heterocycles. The van der Waals surface area contributed by atoms with Gasteiger partial charge in [-0.1, -0.05) is 15.9 Å². The molecule has 0 aliphatic carbocycles. The number of aryl methyl sites for hydroxylation is 1. The van der Waals surface area contributed by atoms with Crippen molar-refractivity contribution in [2.24, 2.45) is 0 Å². The minimum absolute atomic E-state index is 0.0741. The van der Waals surface area contributed by atoms with E-state index >= 15 is 0 Å². The second-order valence-corrected chi connectivity index (χ2v) is 5.06. The number of carbonyl (C=O) groups is 2. The zero-order chi connectivity index (χ0) is 12.6. The Labute approximate surface area is 108 Å². The Morgan fingerprint density at radius 1 is 1.41 bits per heavy atom. The molecule has 2 amide bonds. The van der Waals surface area contributed by atoms with E-state index in [2.05, 4.69) is 21.2 Å². The van der Waals surface area contributed by atoms with Crippen molar-refractivity contribution >= 4 is 33.4 Å². The SMILES string of the molecule is Cc1cc(Br)ccc1N1CC(=O)NC(C)C1=O. The molecular formula is C12H13BrN2O2. The van der Waals surface area contributed by atoms with Crippen LogP contribution in [-0.2, 0) is 9.59 Å². The van der Waals surface area contributed by atoms with Crippen LogP contribution in [0.2, 0.25) is 0 Å². The first kappa shape index (κ1) is 12.1. The van der Waals surface area contributed by atoms with Crippen molar-refractivity contribution in [1.29, 1.82) is 0 Å². The van der Waals surface area contributed by atoms with Crippen molar-refractivity contribution in [2.75, 3.05) is 11.4 Å². The van der Waals surface area contributed by atoms with Gasteiger partial charge < -0.3 is 10.2 Å². The number of anilines is 1. The molecule has 90 valence electrons. The Kier molecular flexibility index (Phi) is 3.19.